The Morgan fingerprint density at radius 1 is 1.28 bits per heavy atom. The van der Waals surface area contributed by atoms with E-state index >= 15 is 0 Å². The van der Waals surface area contributed by atoms with Crippen molar-refractivity contribution >= 4 is 17.3 Å². The Kier molecular flexibility index (Phi) is 3.25. The first-order valence-electron chi connectivity index (χ1n) is 6.18. The Morgan fingerprint density at radius 3 is 2.83 bits per heavy atom. The van der Waals surface area contributed by atoms with E-state index in [4.69, 9.17) is 4.98 Å². The zero-order valence-corrected chi connectivity index (χ0v) is 11.2. The number of nitrogens with one attached hydrogen (secondary N) is 1. The maximum Gasteiger partial charge on any atom is 0.226 e. The first-order valence-corrected chi connectivity index (χ1v) is 7.06. The van der Waals surface area contributed by atoms with Gasteiger partial charge in [-0.05, 0) is 24.4 Å². The molecule has 0 spiro atoms. The molecule has 1 fully saturated rings. The molecule has 3 rings (SSSR count). The lowest BCUT2D eigenvalue weighted by molar-refractivity contribution is 0.579. The van der Waals surface area contributed by atoms with Gasteiger partial charge in [0.2, 0.25) is 5.95 Å². The van der Waals surface area contributed by atoms with Crippen LogP contribution in [0.2, 0.25) is 0 Å². The fraction of sp³-hybridized carbons (Fsp3) is 0.385. The van der Waals surface area contributed by atoms with Crippen molar-refractivity contribution in [2.45, 2.75) is 6.92 Å². The smallest absolute Gasteiger partial charge is 0.226 e. The van der Waals surface area contributed by atoms with Crippen molar-refractivity contribution in [3.63, 3.8) is 0 Å². The highest BCUT2D eigenvalue weighted by Crippen LogP contribution is 2.25. The minimum absolute atomic E-state index is 0.861. The van der Waals surface area contributed by atoms with E-state index in [1.54, 1.807) is 11.3 Å². The van der Waals surface area contributed by atoms with Crippen LogP contribution in [0, 0.1) is 6.92 Å². The largest absolute Gasteiger partial charge is 0.338 e. The molecule has 18 heavy (non-hydrogen) atoms. The quantitative estimate of drug-likeness (QED) is 0.895. The van der Waals surface area contributed by atoms with Crippen molar-refractivity contribution in [3.05, 3.63) is 29.3 Å². The minimum atomic E-state index is 0.861. The molecule has 1 aliphatic rings. The van der Waals surface area contributed by atoms with Gasteiger partial charge in [0.25, 0.3) is 0 Å². The fourth-order valence-corrected chi connectivity index (χ4v) is 2.80. The number of thiophene rings is 1. The minimum Gasteiger partial charge on any atom is -0.338 e. The summed E-state index contributed by atoms with van der Waals surface area (Å²) < 4.78 is 0. The highest BCUT2D eigenvalue weighted by atomic mass is 32.1. The van der Waals surface area contributed by atoms with Crippen molar-refractivity contribution in [3.8, 4) is 10.6 Å². The van der Waals surface area contributed by atoms with Crippen LogP contribution in [-0.4, -0.2) is 36.1 Å². The van der Waals surface area contributed by atoms with E-state index in [0.29, 0.717) is 0 Å². The Hall–Kier alpha value is -1.46. The van der Waals surface area contributed by atoms with Gasteiger partial charge >= 0.3 is 0 Å². The Bertz CT molecular complexity index is 518. The second-order valence-electron chi connectivity index (χ2n) is 4.41. The summed E-state index contributed by atoms with van der Waals surface area (Å²) in [5, 5.41) is 5.43. The van der Waals surface area contributed by atoms with E-state index in [9.17, 15) is 0 Å². The maximum absolute atomic E-state index is 4.70. The van der Waals surface area contributed by atoms with Crippen molar-refractivity contribution < 1.29 is 0 Å². The number of nitrogens with zero attached hydrogens (tertiary/aromatic N) is 3. The Morgan fingerprint density at radius 2 is 2.11 bits per heavy atom. The van der Waals surface area contributed by atoms with Gasteiger partial charge in [0, 0.05) is 31.9 Å². The van der Waals surface area contributed by atoms with E-state index < -0.39 is 0 Å². The van der Waals surface area contributed by atoms with Crippen LogP contribution in [0.3, 0.4) is 0 Å². The van der Waals surface area contributed by atoms with Gasteiger partial charge < -0.3 is 10.2 Å². The average molecular weight is 260 g/mol. The summed E-state index contributed by atoms with van der Waals surface area (Å²) in [4.78, 5) is 12.7. The third-order valence-electron chi connectivity index (χ3n) is 3.02. The predicted octanol–water partition coefficient (Wildman–Crippen LogP) is 1.92. The summed E-state index contributed by atoms with van der Waals surface area (Å²) in [5.74, 6) is 0.861. The van der Waals surface area contributed by atoms with E-state index in [-0.39, 0.29) is 0 Å². The van der Waals surface area contributed by atoms with Crippen LogP contribution in [0.1, 0.15) is 5.69 Å². The lowest BCUT2D eigenvalue weighted by Gasteiger charge is -2.27. The van der Waals surface area contributed by atoms with E-state index in [2.05, 4.69) is 38.8 Å². The summed E-state index contributed by atoms with van der Waals surface area (Å²) >= 11 is 1.72. The van der Waals surface area contributed by atoms with Gasteiger partial charge in [-0.1, -0.05) is 6.07 Å². The van der Waals surface area contributed by atoms with Crippen LogP contribution in [0.4, 0.5) is 5.95 Å². The molecule has 0 saturated carbocycles. The van der Waals surface area contributed by atoms with Crippen molar-refractivity contribution in [1.29, 1.82) is 0 Å². The van der Waals surface area contributed by atoms with Gasteiger partial charge in [0.15, 0.2) is 0 Å². The first kappa shape index (κ1) is 11.6. The van der Waals surface area contributed by atoms with E-state index in [1.165, 1.54) is 4.88 Å². The lowest BCUT2D eigenvalue weighted by Crippen LogP contribution is -2.44. The van der Waals surface area contributed by atoms with Crippen LogP contribution in [0.15, 0.2) is 23.6 Å². The number of anilines is 1. The van der Waals surface area contributed by atoms with Gasteiger partial charge in [-0.15, -0.1) is 11.3 Å². The van der Waals surface area contributed by atoms with Crippen molar-refractivity contribution in [1.82, 2.24) is 15.3 Å². The summed E-state index contributed by atoms with van der Waals surface area (Å²) in [5.41, 5.74) is 2.06. The molecule has 1 saturated heterocycles. The summed E-state index contributed by atoms with van der Waals surface area (Å²) in [6, 6.07) is 6.22. The van der Waals surface area contributed by atoms with Gasteiger partial charge in [0.05, 0.1) is 10.6 Å². The molecular formula is C13H16N4S. The third kappa shape index (κ3) is 2.37. The lowest BCUT2D eigenvalue weighted by atomic mass is 10.3. The normalized spacial score (nSPS) is 15.9. The molecule has 2 aromatic heterocycles. The molecule has 0 bridgehead atoms. The highest BCUT2D eigenvalue weighted by molar-refractivity contribution is 7.13. The molecule has 0 aliphatic carbocycles. The zero-order valence-electron chi connectivity index (χ0n) is 10.4. The van der Waals surface area contributed by atoms with Gasteiger partial charge in [-0.3, -0.25) is 0 Å². The van der Waals surface area contributed by atoms with E-state index in [1.807, 2.05) is 6.92 Å². The molecule has 1 N–H and O–H groups in total. The Labute approximate surface area is 111 Å². The van der Waals surface area contributed by atoms with Crippen LogP contribution in [0.25, 0.3) is 10.6 Å². The van der Waals surface area contributed by atoms with Gasteiger partial charge in [-0.25, -0.2) is 9.97 Å². The molecule has 0 unspecified atom stereocenters. The maximum atomic E-state index is 4.70. The molecule has 4 nitrogen and oxygen atoms in total. The number of piperazine rings is 1. The second-order valence-corrected chi connectivity index (χ2v) is 5.36. The number of hydrogen-bond acceptors (Lipinski definition) is 5. The number of rotatable bonds is 2. The zero-order chi connectivity index (χ0) is 12.4. The van der Waals surface area contributed by atoms with Crippen molar-refractivity contribution in [2.75, 3.05) is 31.1 Å². The number of hydrogen-bond donors (Lipinski definition) is 1. The first-order chi connectivity index (χ1) is 8.83. The number of aromatic nitrogens is 2. The second kappa shape index (κ2) is 5.04. The summed E-state index contributed by atoms with van der Waals surface area (Å²) in [7, 11) is 0. The van der Waals surface area contributed by atoms with Crippen molar-refractivity contribution in [2.24, 2.45) is 0 Å². The SMILES string of the molecule is Cc1cc(-c2cccs2)nc(N2CCNCC2)n1. The topological polar surface area (TPSA) is 41.1 Å². The Balaban J connectivity index is 1.95. The van der Waals surface area contributed by atoms with Crippen LogP contribution < -0.4 is 10.2 Å². The van der Waals surface area contributed by atoms with Crippen LogP contribution >= 0.6 is 11.3 Å². The molecule has 0 radical (unpaired) electrons. The molecule has 0 amide bonds. The van der Waals surface area contributed by atoms with Crippen LogP contribution in [0.5, 0.6) is 0 Å². The van der Waals surface area contributed by atoms with Crippen LogP contribution in [-0.2, 0) is 0 Å². The fourth-order valence-electron chi connectivity index (χ4n) is 2.11. The molecule has 2 aromatic rings. The molecule has 5 heteroatoms. The molecular weight excluding hydrogens is 244 g/mol. The summed E-state index contributed by atoms with van der Waals surface area (Å²) in [6.07, 6.45) is 0. The van der Waals surface area contributed by atoms with Gasteiger partial charge in [-0.2, -0.15) is 0 Å². The highest BCUT2D eigenvalue weighted by Gasteiger charge is 2.14. The molecule has 0 aromatic carbocycles. The average Bonchev–Trinajstić information content (AvgIpc) is 2.93. The van der Waals surface area contributed by atoms with E-state index in [0.717, 1.165) is 43.5 Å². The molecule has 0 atom stereocenters. The summed E-state index contributed by atoms with van der Waals surface area (Å²) in [6.45, 7) is 6.00. The third-order valence-corrected chi connectivity index (χ3v) is 3.91. The standard InChI is InChI=1S/C13H16N4S/c1-10-9-11(12-3-2-8-18-12)16-13(15-10)17-6-4-14-5-7-17/h2-3,8-9,14H,4-7H2,1H3. The molecule has 3 heterocycles. The predicted molar refractivity (Wildman–Crippen MR) is 75.2 cm³/mol. The molecule has 94 valence electrons. The molecule has 1 aliphatic heterocycles. The van der Waals surface area contributed by atoms with Gasteiger partial charge in [0.1, 0.15) is 0 Å². The monoisotopic (exact) mass is 260 g/mol. The number of aryl methyl sites for hydroxylation is 1.